The van der Waals surface area contributed by atoms with Crippen LogP contribution in [0.1, 0.15) is 18.4 Å². The summed E-state index contributed by atoms with van der Waals surface area (Å²) in [4.78, 5) is 18.3. The smallest absolute Gasteiger partial charge is 0.277 e. The number of hydrogen-bond acceptors (Lipinski definition) is 5. The first kappa shape index (κ1) is 23.1. The number of H-pyrrole nitrogens is 1. The van der Waals surface area contributed by atoms with Gasteiger partial charge in [-0.1, -0.05) is 12.1 Å². The van der Waals surface area contributed by atoms with Crippen LogP contribution >= 0.6 is 24.8 Å². The van der Waals surface area contributed by atoms with Crippen molar-refractivity contribution in [3.63, 3.8) is 0 Å². The van der Waals surface area contributed by atoms with Crippen molar-refractivity contribution >= 4 is 57.4 Å². The van der Waals surface area contributed by atoms with Crippen LogP contribution in [0.5, 0.6) is 0 Å². The van der Waals surface area contributed by atoms with Gasteiger partial charge in [-0.3, -0.25) is 4.79 Å². The van der Waals surface area contributed by atoms with Gasteiger partial charge in [0, 0.05) is 35.9 Å². The molecule has 29 heavy (non-hydrogen) atoms. The number of rotatable bonds is 6. The van der Waals surface area contributed by atoms with Crippen LogP contribution in [0.25, 0.3) is 11.0 Å². The van der Waals surface area contributed by atoms with Gasteiger partial charge in [-0.25, -0.2) is 10.1 Å². The zero-order chi connectivity index (χ0) is 19.0. The second-order valence-electron chi connectivity index (χ2n) is 6.59. The van der Waals surface area contributed by atoms with Crippen molar-refractivity contribution in [1.29, 1.82) is 0 Å². The zero-order valence-electron chi connectivity index (χ0n) is 15.2. The quantitative estimate of drug-likeness (QED) is 0.525. The Morgan fingerprint density at radius 3 is 2.41 bits per heavy atom. The van der Waals surface area contributed by atoms with Crippen molar-refractivity contribution in [2.45, 2.75) is 25.4 Å². The van der Waals surface area contributed by atoms with Crippen molar-refractivity contribution in [3.8, 4) is 0 Å². The third kappa shape index (κ3) is 5.46. The van der Waals surface area contributed by atoms with E-state index in [1.54, 1.807) is 12.3 Å². The minimum absolute atomic E-state index is 0. The summed E-state index contributed by atoms with van der Waals surface area (Å²) >= 11 is 0. The SMILES string of the molecule is Cl.Cl.NS(=O)(=O)N(Cc1ccc(Nc2ccnc3[nH]c(=O)ccc23)cc1)C1CC1. The van der Waals surface area contributed by atoms with Crippen molar-refractivity contribution in [3.05, 3.63) is 64.6 Å². The van der Waals surface area contributed by atoms with Gasteiger partial charge in [0.25, 0.3) is 10.2 Å². The van der Waals surface area contributed by atoms with Gasteiger partial charge in [-0.2, -0.15) is 12.7 Å². The molecule has 2 aromatic heterocycles. The molecular formula is C18H21Cl2N5O3S. The molecular weight excluding hydrogens is 437 g/mol. The molecule has 0 saturated heterocycles. The molecule has 0 amide bonds. The standard InChI is InChI=1S/C18H19N5O3S.2ClH/c19-27(25,26)23(14-5-6-14)11-12-1-3-13(4-2-12)21-16-9-10-20-18-15(16)7-8-17(24)22-18;;/h1-4,7-10,14H,5-6,11H2,(H2,19,25,26)(H2,20,21,22,24);2*1H. The highest BCUT2D eigenvalue weighted by Crippen LogP contribution is 2.30. The minimum Gasteiger partial charge on any atom is -0.355 e. The molecule has 2 heterocycles. The lowest BCUT2D eigenvalue weighted by atomic mass is 10.2. The Morgan fingerprint density at radius 2 is 1.79 bits per heavy atom. The van der Waals surface area contributed by atoms with E-state index in [0.717, 1.165) is 35.2 Å². The lowest BCUT2D eigenvalue weighted by Crippen LogP contribution is -2.37. The van der Waals surface area contributed by atoms with E-state index in [0.29, 0.717) is 5.65 Å². The Kier molecular flexibility index (Phi) is 7.25. The molecule has 1 aliphatic rings. The molecule has 0 bridgehead atoms. The molecule has 0 unspecified atom stereocenters. The highest BCUT2D eigenvalue weighted by Gasteiger charge is 2.35. The van der Waals surface area contributed by atoms with Gasteiger partial charge >= 0.3 is 0 Å². The summed E-state index contributed by atoms with van der Waals surface area (Å²) in [6.45, 7) is 0.267. The van der Waals surface area contributed by atoms with Crippen molar-refractivity contribution in [2.75, 3.05) is 5.32 Å². The first-order valence-electron chi connectivity index (χ1n) is 8.54. The third-order valence-corrected chi connectivity index (χ3v) is 5.57. The monoisotopic (exact) mass is 457 g/mol. The summed E-state index contributed by atoms with van der Waals surface area (Å²) in [5.74, 6) is 0. The maximum Gasteiger partial charge on any atom is 0.277 e. The summed E-state index contributed by atoms with van der Waals surface area (Å²) in [6, 6.07) is 12.5. The average Bonchev–Trinajstić information content (AvgIpc) is 3.45. The van der Waals surface area contributed by atoms with Gasteiger partial charge in [0.1, 0.15) is 5.65 Å². The predicted octanol–water partition coefficient (Wildman–Crippen LogP) is 2.68. The molecule has 4 rings (SSSR count). The van der Waals surface area contributed by atoms with Crippen LogP contribution in [0, 0.1) is 0 Å². The van der Waals surface area contributed by atoms with Crippen molar-refractivity contribution in [2.24, 2.45) is 5.14 Å². The Balaban J connectivity index is 0.00000150. The number of nitrogens with one attached hydrogen (secondary N) is 2. The molecule has 1 aromatic carbocycles. The van der Waals surface area contributed by atoms with E-state index in [1.807, 2.05) is 30.3 Å². The third-order valence-electron chi connectivity index (χ3n) is 4.49. The van der Waals surface area contributed by atoms with Crippen molar-refractivity contribution < 1.29 is 8.42 Å². The zero-order valence-corrected chi connectivity index (χ0v) is 17.7. The first-order valence-corrected chi connectivity index (χ1v) is 10.0. The molecule has 0 spiro atoms. The molecule has 0 radical (unpaired) electrons. The molecule has 8 nitrogen and oxygen atoms in total. The fourth-order valence-corrected chi connectivity index (χ4v) is 3.94. The van der Waals surface area contributed by atoms with Crippen LogP contribution in [0.15, 0.2) is 53.5 Å². The number of aromatic nitrogens is 2. The Morgan fingerprint density at radius 1 is 1.10 bits per heavy atom. The van der Waals surface area contributed by atoms with E-state index in [1.165, 1.54) is 10.4 Å². The summed E-state index contributed by atoms with van der Waals surface area (Å²) in [5, 5.41) is 9.41. The number of pyridine rings is 2. The molecule has 0 aliphatic heterocycles. The lowest BCUT2D eigenvalue weighted by Gasteiger charge is -2.19. The Bertz CT molecular complexity index is 1150. The van der Waals surface area contributed by atoms with Gasteiger partial charge in [0.05, 0.1) is 5.69 Å². The van der Waals surface area contributed by atoms with Gasteiger partial charge in [0.2, 0.25) is 5.56 Å². The molecule has 156 valence electrons. The van der Waals surface area contributed by atoms with Crippen LogP contribution in [0.4, 0.5) is 11.4 Å². The van der Waals surface area contributed by atoms with Crippen molar-refractivity contribution in [1.82, 2.24) is 14.3 Å². The Hall–Kier alpha value is -2.17. The lowest BCUT2D eigenvalue weighted by molar-refractivity contribution is 0.399. The summed E-state index contributed by atoms with van der Waals surface area (Å²) < 4.78 is 24.8. The van der Waals surface area contributed by atoms with Gasteiger partial charge in [0.15, 0.2) is 0 Å². The fraction of sp³-hybridized carbons (Fsp3) is 0.222. The molecule has 1 fully saturated rings. The number of fused-ring (bicyclic) bond motifs is 1. The van der Waals surface area contributed by atoms with Gasteiger partial charge in [-0.05, 0) is 42.7 Å². The summed E-state index contributed by atoms with van der Waals surface area (Å²) in [7, 11) is -3.70. The number of nitrogens with zero attached hydrogens (tertiary/aromatic N) is 2. The van der Waals surface area contributed by atoms with E-state index < -0.39 is 10.2 Å². The number of aromatic amines is 1. The van der Waals surface area contributed by atoms with E-state index in [2.05, 4.69) is 15.3 Å². The number of halogens is 2. The maximum absolute atomic E-state index is 11.7. The molecule has 11 heteroatoms. The average molecular weight is 458 g/mol. The van der Waals surface area contributed by atoms with Crippen LogP contribution < -0.4 is 16.0 Å². The normalized spacial score (nSPS) is 13.6. The topological polar surface area (TPSA) is 121 Å². The molecule has 4 N–H and O–H groups in total. The van der Waals surface area contributed by atoms with Crippen LogP contribution in [-0.2, 0) is 16.8 Å². The second-order valence-corrected chi connectivity index (χ2v) is 8.09. The van der Waals surface area contributed by atoms with Crippen LogP contribution in [0.2, 0.25) is 0 Å². The number of nitrogens with two attached hydrogens (primary N) is 1. The molecule has 3 aromatic rings. The van der Waals surface area contributed by atoms with Crippen LogP contribution in [-0.4, -0.2) is 28.7 Å². The highest BCUT2D eigenvalue weighted by molar-refractivity contribution is 7.86. The number of hydrogen-bond donors (Lipinski definition) is 3. The minimum atomic E-state index is -3.70. The van der Waals surface area contributed by atoms with Gasteiger partial charge in [-0.15, -0.1) is 24.8 Å². The van der Waals surface area contributed by atoms with Crippen LogP contribution in [0.3, 0.4) is 0 Å². The Labute approximate surface area is 180 Å². The predicted molar refractivity (Wildman–Crippen MR) is 118 cm³/mol. The number of anilines is 2. The molecule has 0 atom stereocenters. The fourth-order valence-electron chi connectivity index (χ4n) is 2.99. The van der Waals surface area contributed by atoms with E-state index in [9.17, 15) is 13.2 Å². The first-order chi connectivity index (χ1) is 12.9. The summed E-state index contributed by atoms with van der Waals surface area (Å²) in [6.07, 6.45) is 3.33. The largest absolute Gasteiger partial charge is 0.355 e. The van der Waals surface area contributed by atoms with E-state index in [4.69, 9.17) is 5.14 Å². The van der Waals surface area contributed by atoms with E-state index in [-0.39, 0.29) is 43.0 Å². The highest BCUT2D eigenvalue weighted by atomic mass is 35.5. The maximum atomic E-state index is 11.7. The second kappa shape index (κ2) is 9.10. The molecule has 1 saturated carbocycles. The summed E-state index contributed by atoms with van der Waals surface area (Å²) in [5.41, 5.74) is 2.83. The van der Waals surface area contributed by atoms with E-state index >= 15 is 0 Å². The van der Waals surface area contributed by atoms with Gasteiger partial charge < -0.3 is 10.3 Å². The number of benzene rings is 1. The molecule has 1 aliphatic carbocycles.